The SMILES string of the molecule is CNCC(O)C(O)c1ccc(C#N)cc1Cl. The Labute approximate surface area is 99.1 Å². The van der Waals surface area contributed by atoms with E-state index in [1.807, 2.05) is 6.07 Å². The van der Waals surface area contributed by atoms with Gasteiger partial charge in [0.2, 0.25) is 0 Å². The number of halogens is 1. The van der Waals surface area contributed by atoms with Gasteiger partial charge in [-0.15, -0.1) is 0 Å². The van der Waals surface area contributed by atoms with E-state index in [9.17, 15) is 10.2 Å². The van der Waals surface area contributed by atoms with E-state index in [0.29, 0.717) is 11.1 Å². The molecule has 0 radical (unpaired) electrons. The lowest BCUT2D eigenvalue weighted by Crippen LogP contribution is -2.29. The van der Waals surface area contributed by atoms with E-state index in [1.165, 1.54) is 6.07 Å². The molecular weight excluding hydrogens is 228 g/mol. The van der Waals surface area contributed by atoms with Crippen LogP contribution < -0.4 is 5.32 Å². The molecule has 0 aromatic heterocycles. The summed E-state index contributed by atoms with van der Waals surface area (Å²) in [5.74, 6) is 0. The fourth-order valence-electron chi connectivity index (χ4n) is 1.36. The zero-order chi connectivity index (χ0) is 12.1. The minimum absolute atomic E-state index is 0.261. The van der Waals surface area contributed by atoms with Crippen molar-refractivity contribution in [3.8, 4) is 6.07 Å². The zero-order valence-corrected chi connectivity index (χ0v) is 9.57. The van der Waals surface area contributed by atoms with E-state index < -0.39 is 12.2 Å². The summed E-state index contributed by atoms with van der Waals surface area (Å²) in [4.78, 5) is 0. The molecule has 3 N–H and O–H groups in total. The number of nitriles is 1. The van der Waals surface area contributed by atoms with E-state index >= 15 is 0 Å². The van der Waals surface area contributed by atoms with Gasteiger partial charge in [0.25, 0.3) is 0 Å². The van der Waals surface area contributed by atoms with Crippen LogP contribution in [0, 0.1) is 11.3 Å². The quantitative estimate of drug-likeness (QED) is 0.729. The third-order valence-electron chi connectivity index (χ3n) is 2.23. The van der Waals surface area contributed by atoms with Gasteiger partial charge in [0.15, 0.2) is 0 Å². The number of aliphatic hydroxyl groups is 2. The number of hydrogen-bond acceptors (Lipinski definition) is 4. The molecule has 0 fully saturated rings. The summed E-state index contributed by atoms with van der Waals surface area (Å²) in [6.45, 7) is 0.261. The molecule has 86 valence electrons. The largest absolute Gasteiger partial charge is 0.389 e. The highest BCUT2D eigenvalue weighted by molar-refractivity contribution is 6.31. The molecule has 0 spiro atoms. The van der Waals surface area contributed by atoms with Crippen molar-refractivity contribution in [2.75, 3.05) is 13.6 Å². The summed E-state index contributed by atoms with van der Waals surface area (Å²) in [6.07, 6.45) is -2.00. The van der Waals surface area contributed by atoms with Gasteiger partial charge in [-0.25, -0.2) is 0 Å². The van der Waals surface area contributed by atoms with Crippen LogP contribution in [-0.2, 0) is 0 Å². The first-order chi connectivity index (χ1) is 7.60. The highest BCUT2D eigenvalue weighted by atomic mass is 35.5. The van der Waals surface area contributed by atoms with Crippen LogP contribution in [0.1, 0.15) is 17.2 Å². The van der Waals surface area contributed by atoms with E-state index in [0.717, 1.165) is 0 Å². The Morgan fingerprint density at radius 1 is 1.50 bits per heavy atom. The van der Waals surface area contributed by atoms with Crippen molar-refractivity contribution in [2.24, 2.45) is 0 Å². The predicted molar refractivity (Wildman–Crippen MR) is 61.1 cm³/mol. The minimum Gasteiger partial charge on any atom is -0.389 e. The van der Waals surface area contributed by atoms with Crippen molar-refractivity contribution < 1.29 is 10.2 Å². The van der Waals surface area contributed by atoms with Crippen molar-refractivity contribution in [3.63, 3.8) is 0 Å². The van der Waals surface area contributed by atoms with Crippen LogP contribution in [0.25, 0.3) is 0 Å². The van der Waals surface area contributed by atoms with E-state index in [1.54, 1.807) is 19.2 Å². The van der Waals surface area contributed by atoms with Gasteiger partial charge in [-0.05, 0) is 19.2 Å². The number of rotatable bonds is 4. The van der Waals surface area contributed by atoms with Gasteiger partial charge >= 0.3 is 0 Å². The molecule has 4 nitrogen and oxygen atoms in total. The van der Waals surface area contributed by atoms with Crippen LogP contribution in [0.3, 0.4) is 0 Å². The average molecular weight is 241 g/mol. The summed E-state index contributed by atoms with van der Waals surface area (Å²) in [5, 5.41) is 31.1. The Morgan fingerprint density at radius 3 is 2.69 bits per heavy atom. The van der Waals surface area contributed by atoms with Crippen molar-refractivity contribution in [1.29, 1.82) is 5.26 Å². The molecule has 0 amide bonds. The Kier molecular flexibility index (Phi) is 4.71. The number of nitrogens with one attached hydrogen (secondary N) is 1. The third kappa shape index (κ3) is 2.94. The molecule has 0 aliphatic carbocycles. The van der Waals surface area contributed by atoms with Crippen LogP contribution in [0.5, 0.6) is 0 Å². The van der Waals surface area contributed by atoms with Crippen molar-refractivity contribution in [3.05, 3.63) is 34.3 Å². The molecule has 0 saturated carbocycles. The van der Waals surface area contributed by atoms with Gasteiger partial charge < -0.3 is 15.5 Å². The standard InChI is InChI=1S/C11H13ClN2O2/c1-14-6-10(15)11(16)8-3-2-7(5-13)4-9(8)12/h2-4,10-11,14-16H,6H2,1H3. The number of benzene rings is 1. The van der Waals surface area contributed by atoms with Gasteiger partial charge in [-0.1, -0.05) is 17.7 Å². The molecule has 0 bridgehead atoms. The van der Waals surface area contributed by atoms with Crippen LogP contribution in [0.2, 0.25) is 5.02 Å². The Bertz CT molecular complexity index is 403. The van der Waals surface area contributed by atoms with Gasteiger partial charge in [0.1, 0.15) is 6.10 Å². The maximum atomic E-state index is 9.81. The molecule has 1 rings (SSSR count). The lowest BCUT2D eigenvalue weighted by molar-refractivity contribution is 0.0203. The third-order valence-corrected chi connectivity index (χ3v) is 2.55. The molecule has 1 aromatic rings. The maximum Gasteiger partial charge on any atom is 0.108 e. The van der Waals surface area contributed by atoms with Crippen molar-refractivity contribution in [2.45, 2.75) is 12.2 Å². The maximum absolute atomic E-state index is 9.81. The minimum atomic E-state index is -1.06. The second kappa shape index (κ2) is 5.83. The highest BCUT2D eigenvalue weighted by Crippen LogP contribution is 2.26. The van der Waals surface area contributed by atoms with Crippen molar-refractivity contribution >= 4 is 11.6 Å². The lowest BCUT2D eigenvalue weighted by atomic mass is 10.0. The molecule has 0 aliphatic rings. The first-order valence-corrected chi connectivity index (χ1v) is 5.18. The monoisotopic (exact) mass is 240 g/mol. The molecule has 1 aromatic carbocycles. The van der Waals surface area contributed by atoms with Crippen LogP contribution in [0.4, 0.5) is 0 Å². The normalized spacial score (nSPS) is 14.2. The second-order valence-electron chi connectivity index (χ2n) is 3.42. The summed E-state index contributed by atoms with van der Waals surface area (Å²) in [7, 11) is 1.68. The van der Waals surface area contributed by atoms with Gasteiger partial charge in [-0.2, -0.15) is 5.26 Å². The molecule has 16 heavy (non-hydrogen) atoms. The predicted octanol–water partition coefficient (Wildman–Crippen LogP) is 0.825. The van der Waals surface area contributed by atoms with Crippen molar-refractivity contribution in [1.82, 2.24) is 5.32 Å². The zero-order valence-electron chi connectivity index (χ0n) is 8.81. The molecule has 0 saturated heterocycles. The summed E-state index contributed by atoms with van der Waals surface area (Å²) in [5.41, 5.74) is 0.840. The molecule has 5 heteroatoms. The van der Waals surface area contributed by atoms with Gasteiger partial charge in [0, 0.05) is 17.1 Å². The summed E-state index contributed by atoms with van der Waals surface area (Å²) < 4.78 is 0. The Hall–Kier alpha value is -1.12. The van der Waals surface area contributed by atoms with E-state index in [-0.39, 0.29) is 11.6 Å². The number of aliphatic hydroxyl groups excluding tert-OH is 2. The Balaban J connectivity index is 2.92. The smallest absolute Gasteiger partial charge is 0.108 e. The van der Waals surface area contributed by atoms with Crippen LogP contribution >= 0.6 is 11.6 Å². The number of likely N-dealkylation sites (N-methyl/N-ethyl adjacent to an activating group) is 1. The van der Waals surface area contributed by atoms with Gasteiger partial charge in [-0.3, -0.25) is 0 Å². The van der Waals surface area contributed by atoms with Crippen LogP contribution in [0.15, 0.2) is 18.2 Å². The van der Waals surface area contributed by atoms with Crippen LogP contribution in [-0.4, -0.2) is 29.9 Å². The molecule has 0 aliphatic heterocycles. The fraction of sp³-hybridized carbons (Fsp3) is 0.364. The molecule has 0 heterocycles. The average Bonchev–Trinajstić information content (AvgIpc) is 2.28. The first-order valence-electron chi connectivity index (χ1n) is 4.80. The fourth-order valence-corrected chi connectivity index (χ4v) is 1.66. The van der Waals surface area contributed by atoms with Gasteiger partial charge in [0.05, 0.1) is 17.7 Å². The number of hydrogen-bond donors (Lipinski definition) is 3. The molecular formula is C11H13ClN2O2. The second-order valence-corrected chi connectivity index (χ2v) is 3.83. The lowest BCUT2D eigenvalue weighted by Gasteiger charge is -2.18. The molecule has 2 atom stereocenters. The van der Waals surface area contributed by atoms with E-state index in [4.69, 9.17) is 16.9 Å². The topological polar surface area (TPSA) is 76.3 Å². The number of nitrogens with zero attached hydrogens (tertiary/aromatic N) is 1. The molecule has 2 unspecified atom stereocenters. The Morgan fingerprint density at radius 2 is 2.19 bits per heavy atom. The highest BCUT2D eigenvalue weighted by Gasteiger charge is 2.20. The summed E-state index contributed by atoms with van der Waals surface area (Å²) in [6, 6.07) is 6.51. The summed E-state index contributed by atoms with van der Waals surface area (Å²) >= 11 is 5.90. The van der Waals surface area contributed by atoms with E-state index in [2.05, 4.69) is 5.32 Å². The first kappa shape index (κ1) is 12.9.